The van der Waals surface area contributed by atoms with Crippen LogP contribution < -0.4 is 4.72 Å². The first-order chi connectivity index (χ1) is 15.4. The van der Waals surface area contributed by atoms with Crippen LogP contribution in [0, 0.1) is 0 Å². The molecule has 6 heteroatoms. The van der Waals surface area contributed by atoms with Crippen LogP contribution >= 0.6 is 11.6 Å². The molecule has 1 aliphatic heterocycles. The zero-order chi connectivity index (χ0) is 22.6. The van der Waals surface area contributed by atoms with Crippen molar-refractivity contribution in [2.24, 2.45) is 0 Å². The van der Waals surface area contributed by atoms with Crippen molar-refractivity contribution in [1.82, 2.24) is 9.62 Å². The van der Waals surface area contributed by atoms with Gasteiger partial charge in [0, 0.05) is 24.2 Å². The minimum absolute atomic E-state index is 0.221. The Morgan fingerprint density at radius 3 is 2.09 bits per heavy atom. The second-order valence-electron chi connectivity index (χ2n) is 8.45. The van der Waals surface area contributed by atoms with E-state index in [1.807, 2.05) is 24.3 Å². The van der Waals surface area contributed by atoms with Crippen LogP contribution in [0.1, 0.15) is 30.9 Å². The second-order valence-corrected chi connectivity index (χ2v) is 10.7. The highest BCUT2D eigenvalue weighted by Crippen LogP contribution is 2.23. The van der Waals surface area contributed by atoms with Gasteiger partial charge in [0.1, 0.15) is 0 Å². The number of nitrogens with zero attached hydrogens (tertiary/aromatic N) is 1. The highest BCUT2D eigenvalue weighted by atomic mass is 35.5. The smallest absolute Gasteiger partial charge is 0.240 e. The Labute approximate surface area is 196 Å². The maximum Gasteiger partial charge on any atom is 0.240 e. The largest absolute Gasteiger partial charge is 0.300 e. The van der Waals surface area contributed by atoms with E-state index in [1.165, 1.54) is 24.9 Å². The molecule has 0 aromatic heterocycles. The fourth-order valence-corrected chi connectivity index (χ4v) is 5.30. The zero-order valence-electron chi connectivity index (χ0n) is 18.3. The van der Waals surface area contributed by atoms with E-state index in [0.29, 0.717) is 11.1 Å². The molecule has 1 fully saturated rings. The monoisotopic (exact) mass is 468 g/mol. The van der Waals surface area contributed by atoms with Gasteiger partial charge in [-0.1, -0.05) is 60.1 Å². The van der Waals surface area contributed by atoms with Gasteiger partial charge in [-0.25, -0.2) is 13.1 Å². The summed E-state index contributed by atoms with van der Waals surface area (Å²) in [4.78, 5) is 2.82. The van der Waals surface area contributed by atoms with Gasteiger partial charge in [0.25, 0.3) is 0 Å². The van der Waals surface area contributed by atoms with Gasteiger partial charge in [-0.2, -0.15) is 0 Å². The molecule has 0 spiro atoms. The number of sulfonamides is 1. The SMILES string of the molecule is C[C@@H]1CCCN1CCc1ccc(-c2ccc(S(=O)(=O)NCc3ccc(Cl)cc3)cc2)cc1. The third kappa shape index (κ3) is 5.78. The normalized spacial score (nSPS) is 17.0. The molecule has 1 saturated heterocycles. The number of hydrogen-bond donors (Lipinski definition) is 1. The topological polar surface area (TPSA) is 49.4 Å². The van der Waals surface area contributed by atoms with E-state index in [4.69, 9.17) is 11.6 Å². The van der Waals surface area contributed by atoms with Crippen molar-refractivity contribution in [3.8, 4) is 11.1 Å². The zero-order valence-corrected chi connectivity index (χ0v) is 19.9. The van der Waals surface area contributed by atoms with Gasteiger partial charge in [-0.15, -0.1) is 0 Å². The lowest BCUT2D eigenvalue weighted by atomic mass is 10.0. The Balaban J connectivity index is 1.36. The van der Waals surface area contributed by atoms with Crippen molar-refractivity contribution in [3.05, 3.63) is 88.9 Å². The predicted molar refractivity (Wildman–Crippen MR) is 131 cm³/mol. The third-order valence-electron chi connectivity index (χ3n) is 6.21. The van der Waals surface area contributed by atoms with Crippen LogP contribution in [-0.4, -0.2) is 32.4 Å². The van der Waals surface area contributed by atoms with Crippen LogP contribution in [0.3, 0.4) is 0 Å². The van der Waals surface area contributed by atoms with Crippen molar-refractivity contribution >= 4 is 21.6 Å². The van der Waals surface area contributed by atoms with Gasteiger partial charge < -0.3 is 4.90 Å². The maximum atomic E-state index is 12.6. The third-order valence-corrected chi connectivity index (χ3v) is 7.88. The van der Waals surface area contributed by atoms with Crippen molar-refractivity contribution in [2.75, 3.05) is 13.1 Å². The molecule has 0 bridgehead atoms. The first-order valence-corrected chi connectivity index (χ1v) is 12.9. The fourth-order valence-electron chi connectivity index (χ4n) is 4.15. The highest BCUT2D eigenvalue weighted by Gasteiger charge is 2.19. The quantitative estimate of drug-likeness (QED) is 0.474. The lowest BCUT2D eigenvalue weighted by molar-refractivity contribution is 0.272. The molecule has 0 saturated carbocycles. The molecule has 168 valence electrons. The Morgan fingerprint density at radius 2 is 1.50 bits per heavy atom. The fraction of sp³-hybridized carbons (Fsp3) is 0.308. The lowest BCUT2D eigenvalue weighted by Crippen LogP contribution is -2.28. The van der Waals surface area contributed by atoms with E-state index in [1.54, 1.807) is 24.3 Å². The molecule has 32 heavy (non-hydrogen) atoms. The Hall–Kier alpha value is -2.18. The molecule has 4 rings (SSSR count). The van der Waals surface area contributed by atoms with E-state index in [-0.39, 0.29) is 11.4 Å². The van der Waals surface area contributed by atoms with Crippen LogP contribution in [0.5, 0.6) is 0 Å². The van der Waals surface area contributed by atoms with Crippen LogP contribution in [-0.2, 0) is 23.0 Å². The highest BCUT2D eigenvalue weighted by molar-refractivity contribution is 7.89. The van der Waals surface area contributed by atoms with Crippen molar-refractivity contribution in [3.63, 3.8) is 0 Å². The minimum Gasteiger partial charge on any atom is -0.300 e. The number of benzene rings is 3. The molecule has 3 aromatic carbocycles. The molecular weight excluding hydrogens is 440 g/mol. The molecule has 1 atom stereocenters. The molecule has 1 heterocycles. The van der Waals surface area contributed by atoms with Crippen LogP contribution in [0.4, 0.5) is 0 Å². The van der Waals surface area contributed by atoms with Crippen LogP contribution in [0.15, 0.2) is 77.7 Å². The molecule has 0 aliphatic carbocycles. The molecule has 0 amide bonds. The maximum absolute atomic E-state index is 12.6. The number of nitrogens with one attached hydrogen (secondary N) is 1. The van der Waals surface area contributed by atoms with E-state index in [0.717, 1.165) is 29.7 Å². The summed E-state index contributed by atoms with van der Waals surface area (Å²) in [6, 6.07) is 23.4. The van der Waals surface area contributed by atoms with Gasteiger partial charge in [0.15, 0.2) is 0 Å². The second kappa shape index (κ2) is 10.2. The van der Waals surface area contributed by atoms with Crippen molar-refractivity contribution in [2.45, 2.75) is 43.7 Å². The van der Waals surface area contributed by atoms with Gasteiger partial charge in [0.05, 0.1) is 4.90 Å². The van der Waals surface area contributed by atoms with Crippen molar-refractivity contribution < 1.29 is 8.42 Å². The summed E-state index contributed by atoms with van der Waals surface area (Å²) in [7, 11) is -3.58. The summed E-state index contributed by atoms with van der Waals surface area (Å²) in [5.74, 6) is 0. The summed E-state index contributed by atoms with van der Waals surface area (Å²) in [6.45, 7) is 4.85. The molecular formula is C26H29ClN2O2S. The molecule has 4 nitrogen and oxygen atoms in total. The van der Waals surface area contributed by atoms with Crippen LogP contribution in [0.2, 0.25) is 5.02 Å². The summed E-state index contributed by atoms with van der Waals surface area (Å²) >= 11 is 5.88. The minimum atomic E-state index is -3.58. The van der Waals surface area contributed by atoms with Gasteiger partial charge in [-0.05, 0) is 79.3 Å². The van der Waals surface area contributed by atoms with E-state index in [9.17, 15) is 8.42 Å². The standard InChI is InChI=1S/C26H29ClN2O2S/c1-20-3-2-17-29(20)18-16-21-4-8-23(9-5-21)24-10-14-26(15-11-24)32(30,31)28-19-22-6-12-25(27)13-7-22/h4-15,20,28H,2-3,16-19H2,1H3/t20-/m1/s1. The van der Waals surface area contributed by atoms with Crippen LogP contribution in [0.25, 0.3) is 11.1 Å². The average Bonchev–Trinajstić information content (AvgIpc) is 3.22. The lowest BCUT2D eigenvalue weighted by Gasteiger charge is -2.20. The van der Waals surface area contributed by atoms with Crippen molar-refractivity contribution in [1.29, 1.82) is 0 Å². The Bertz CT molecular complexity index is 1130. The van der Waals surface area contributed by atoms with Gasteiger partial charge in [0.2, 0.25) is 10.0 Å². The first-order valence-electron chi connectivity index (χ1n) is 11.1. The van der Waals surface area contributed by atoms with E-state index >= 15 is 0 Å². The summed E-state index contributed by atoms with van der Waals surface area (Å²) in [5.41, 5.74) is 4.27. The summed E-state index contributed by atoms with van der Waals surface area (Å²) < 4.78 is 27.9. The predicted octanol–water partition coefficient (Wildman–Crippen LogP) is 5.51. The van der Waals surface area contributed by atoms with Gasteiger partial charge >= 0.3 is 0 Å². The molecule has 0 radical (unpaired) electrons. The molecule has 3 aromatic rings. The summed E-state index contributed by atoms with van der Waals surface area (Å²) in [5, 5.41) is 0.626. The van der Waals surface area contributed by atoms with E-state index in [2.05, 4.69) is 40.8 Å². The molecule has 1 aliphatic rings. The molecule has 1 N–H and O–H groups in total. The molecule has 0 unspecified atom stereocenters. The number of hydrogen-bond acceptors (Lipinski definition) is 3. The number of halogens is 1. The summed E-state index contributed by atoms with van der Waals surface area (Å²) in [6.07, 6.45) is 3.67. The van der Waals surface area contributed by atoms with E-state index < -0.39 is 10.0 Å². The Morgan fingerprint density at radius 1 is 0.906 bits per heavy atom. The number of likely N-dealkylation sites (tertiary alicyclic amines) is 1. The van der Waals surface area contributed by atoms with Gasteiger partial charge in [-0.3, -0.25) is 0 Å². The first kappa shape index (κ1) is 23.0. The number of rotatable bonds is 8. The Kier molecular flexibility index (Phi) is 7.31. The average molecular weight is 469 g/mol.